The predicted octanol–water partition coefficient (Wildman–Crippen LogP) is 6.07. The van der Waals surface area contributed by atoms with E-state index in [1.54, 1.807) is 0 Å². The van der Waals surface area contributed by atoms with Crippen LogP contribution < -0.4 is 0 Å². The average molecular weight is 445 g/mol. The first-order valence-corrected chi connectivity index (χ1v) is 11.8. The number of likely N-dealkylation sites (N-methyl/N-ethyl adjacent to an activating group) is 1. The molecule has 2 atom stereocenters. The van der Waals surface area contributed by atoms with Crippen molar-refractivity contribution in [3.8, 4) is 11.1 Å². The van der Waals surface area contributed by atoms with Gasteiger partial charge in [-0.1, -0.05) is 66.4 Å². The highest BCUT2D eigenvalue weighted by Crippen LogP contribution is 2.32. The zero-order valence-corrected chi connectivity index (χ0v) is 19.1. The molecule has 30 heavy (non-hydrogen) atoms. The number of hydrogen-bond acceptors (Lipinski definition) is 2. The highest BCUT2D eigenvalue weighted by Gasteiger charge is 2.35. The minimum Gasteiger partial charge on any atom is -0.341 e. The monoisotopic (exact) mass is 444 g/mol. The number of rotatable bonds is 5. The first kappa shape index (κ1) is 21.7. The number of halogens is 2. The number of likely N-dealkylation sites (tertiary alicyclic amines) is 1. The van der Waals surface area contributed by atoms with E-state index in [1.807, 2.05) is 48.3 Å². The zero-order valence-electron chi connectivity index (χ0n) is 17.6. The van der Waals surface area contributed by atoms with E-state index in [1.165, 1.54) is 45.2 Å². The quantitative estimate of drug-likeness (QED) is 0.558. The maximum Gasteiger partial charge on any atom is 0.227 e. The molecule has 1 saturated heterocycles. The third-order valence-electron chi connectivity index (χ3n) is 6.78. The van der Waals surface area contributed by atoms with E-state index in [0.717, 1.165) is 23.1 Å². The van der Waals surface area contributed by atoms with Gasteiger partial charge in [0.05, 0.1) is 16.5 Å². The lowest BCUT2D eigenvalue weighted by molar-refractivity contribution is -0.133. The van der Waals surface area contributed by atoms with Crippen LogP contribution in [0.5, 0.6) is 0 Å². The van der Waals surface area contributed by atoms with Gasteiger partial charge in [0, 0.05) is 19.1 Å². The largest absolute Gasteiger partial charge is 0.341 e. The van der Waals surface area contributed by atoms with Crippen LogP contribution in [0.2, 0.25) is 10.0 Å². The lowest BCUT2D eigenvalue weighted by Gasteiger charge is -2.42. The predicted molar refractivity (Wildman–Crippen MR) is 125 cm³/mol. The van der Waals surface area contributed by atoms with E-state index < -0.39 is 0 Å². The lowest BCUT2D eigenvalue weighted by Crippen LogP contribution is -2.53. The number of nitrogens with zero attached hydrogens (tertiary/aromatic N) is 2. The molecule has 0 radical (unpaired) electrons. The Morgan fingerprint density at radius 3 is 2.50 bits per heavy atom. The fourth-order valence-corrected chi connectivity index (χ4v) is 5.43. The average Bonchev–Trinajstić information content (AvgIpc) is 3.30. The van der Waals surface area contributed by atoms with Gasteiger partial charge in [-0.15, -0.1) is 0 Å². The van der Waals surface area contributed by atoms with Crippen LogP contribution in [-0.4, -0.2) is 47.9 Å². The fraction of sp³-hybridized carbons (Fsp3) is 0.480. The molecule has 2 fully saturated rings. The van der Waals surface area contributed by atoms with Gasteiger partial charge in [-0.25, -0.2) is 0 Å². The molecule has 1 aliphatic carbocycles. The SMILES string of the molecule is CN(C(=O)Cc1ccccc1-c1ccc(Cl)c(Cl)c1)C1CCCCC1N1CCCC1. The van der Waals surface area contributed by atoms with Crippen molar-refractivity contribution < 1.29 is 4.79 Å². The van der Waals surface area contributed by atoms with Crippen molar-refractivity contribution in [1.29, 1.82) is 0 Å². The molecule has 1 aliphatic heterocycles. The molecule has 1 heterocycles. The molecule has 0 spiro atoms. The van der Waals surface area contributed by atoms with Crippen molar-refractivity contribution in [2.24, 2.45) is 0 Å². The molecule has 0 bridgehead atoms. The molecule has 2 unspecified atom stereocenters. The molecular weight excluding hydrogens is 415 g/mol. The van der Waals surface area contributed by atoms with E-state index in [9.17, 15) is 4.79 Å². The summed E-state index contributed by atoms with van der Waals surface area (Å²) in [6, 6.07) is 14.6. The molecule has 160 valence electrons. The van der Waals surface area contributed by atoms with Gasteiger partial charge < -0.3 is 4.90 Å². The Morgan fingerprint density at radius 2 is 1.73 bits per heavy atom. The van der Waals surface area contributed by atoms with Gasteiger partial charge in [0.1, 0.15) is 0 Å². The van der Waals surface area contributed by atoms with Crippen molar-refractivity contribution >= 4 is 29.1 Å². The van der Waals surface area contributed by atoms with E-state index in [4.69, 9.17) is 23.2 Å². The molecule has 1 saturated carbocycles. The van der Waals surface area contributed by atoms with Crippen molar-refractivity contribution in [2.45, 2.75) is 57.0 Å². The normalized spacial score (nSPS) is 22.2. The van der Waals surface area contributed by atoms with Crippen molar-refractivity contribution in [1.82, 2.24) is 9.80 Å². The van der Waals surface area contributed by atoms with E-state index in [0.29, 0.717) is 28.5 Å². The summed E-state index contributed by atoms with van der Waals surface area (Å²) in [6.45, 7) is 2.37. The maximum absolute atomic E-state index is 13.3. The number of hydrogen-bond donors (Lipinski definition) is 0. The minimum atomic E-state index is 0.193. The van der Waals surface area contributed by atoms with Crippen LogP contribution in [0, 0.1) is 0 Å². The Kier molecular flexibility index (Phi) is 7.02. The highest BCUT2D eigenvalue weighted by atomic mass is 35.5. The molecular formula is C25H30Cl2N2O. The molecule has 4 rings (SSSR count). The lowest BCUT2D eigenvalue weighted by atomic mass is 9.88. The van der Waals surface area contributed by atoms with Crippen molar-refractivity contribution in [3.63, 3.8) is 0 Å². The first-order chi connectivity index (χ1) is 14.5. The molecule has 0 aromatic heterocycles. The van der Waals surface area contributed by atoms with Gasteiger partial charge in [-0.2, -0.15) is 0 Å². The van der Waals surface area contributed by atoms with Gasteiger partial charge >= 0.3 is 0 Å². The summed E-state index contributed by atoms with van der Waals surface area (Å²) >= 11 is 12.3. The summed E-state index contributed by atoms with van der Waals surface area (Å²) in [4.78, 5) is 18.0. The molecule has 3 nitrogen and oxygen atoms in total. The van der Waals surface area contributed by atoms with Crippen LogP contribution in [0.1, 0.15) is 44.1 Å². The van der Waals surface area contributed by atoms with Crippen LogP contribution in [-0.2, 0) is 11.2 Å². The molecule has 2 aromatic carbocycles. The highest BCUT2D eigenvalue weighted by molar-refractivity contribution is 6.42. The van der Waals surface area contributed by atoms with E-state index in [2.05, 4.69) is 11.0 Å². The Hall–Kier alpha value is -1.55. The minimum absolute atomic E-state index is 0.193. The van der Waals surface area contributed by atoms with Crippen molar-refractivity contribution in [3.05, 3.63) is 58.1 Å². The van der Waals surface area contributed by atoms with Gasteiger partial charge in [0.15, 0.2) is 0 Å². The summed E-state index contributed by atoms with van der Waals surface area (Å²) < 4.78 is 0. The third-order valence-corrected chi connectivity index (χ3v) is 7.52. The van der Waals surface area contributed by atoms with Crippen LogP contribution >= 0.6 is 23.2 Å². The van der Waals surface area contributed by atoms with E-state index in [-0.39, 0.29) is 5.91 Å². The van der Waals surface area contributed by atoms with Crippen LogP contribution in [0.3, 0.4) is 0 Å². The standard InChI is InChI=1S/C25H30Cl2N2O/c1-28(23-10-4-5-11-24(23)29-14-6-7-15-29)25(30)17-18-8-2-3-9-20(18)19-12-13-21(26)22(27)16-19/h2-3,8-9,12-13,16,23-24H,4-7,10-11,14-15,17H2,1H3. The molecule has 0 N–H and O–H groups in total. The topological polar surface area (TPSA) is 23.6 Å². The maximum atomic E-state index is 13.3. The summed E-state index contributed by atoms with van der Waals surface area (Å²) in [5, 5.41) is 1.07. The Labute approximate surface area is 190 Å². The summed E-state index contributed by atoms with van der Waals surface area (Å²) in [7, 11) is 2.00. The number of benzene rings is 2. The Morgan fingerprint density at radius 1 is 1.00 bits per heavy atom. The number of carbonyl (C=O) groups excluding carboxylic acids is 1. The smallest absolute Gasteiger partial charge is 0.227 e. The van der Waals surface area contributed by atoms with Gasteiger partial charge in [-0.3, -0.25) is 9.69 Å². The number of amides is 1. The van der Waals surface area contributed by atoms with Gasteiger partial charge in [-0.05, 0) is 67.6 Å². The van der Waals surface area contributed by atoms with E-state index >= 15 is 0 Å². The molecule has 2 aliphatic rings. The summed E-state index contributed by atoms with van der Waals surface area (Å²) in [5.74, 6) is 0.193. The second-order valence-electron chi connectivity index (χ2n) is 8.63. The van der Waals surface area contributed by atoms with Gasteiger partial charge in [0.25, 0.3) is 0 Å². The van der Waals surface area contributed by atoms with Crippen LogP contribution in [0.15, 0.2) is 42.5 Å². The third kappa shape index (κ3) is 4.69. The zero-order chi connectivity index (χ0) is 21.1. The molecule has 5 heteroatoms. The first-order valence-electron chi connectivity index (χ1n) is 11.1. The Balaban J connectivity index is 1.52. The van der Waals surface area contributed by atoms with Crippen molar-refractivity contribution in [2.75, 3.05) is 20.1 Å². The second-order valence-corrected chi connectivity index (χ2v) is 9.44. The molecule has 2 aromatic rings. The number of carbonyl (C=O) groups is 1. The Bertz CT molecular complexity index is 894. The summed E-state index contributed by atoms with van der Waals surface area (Å²) in [6.07, 6.45) is 7.79. The fourth-order valence-electron chi connectivity index (χ4n) is 5.13. The second kappa shape index (κ2) is 9.72. The summed E-state index contributed by atoms with van der Waals surface area (Å²) in [5.41, 5.74) is 3.06. The van der Waals surface area contributed by atoms with Gasteiger partial charge in [0.2, 0.25) is 5.91 Å². The van der Waals surface area contributed by atoms with Crippen LogP contribution in [0.4, 0.5) is 0 Å². The molecule has 1 amide bonds. The van der Waals surface area contributed by atoms with Crippen LogP contribution in [0.25, 0.3) is 11.1 Å².